The molecule has 0 bridgehead atoms. The Morgan fingerprint density at radius 2 is 1.83 bits per heavy atom. The molecule has 0 spiro atoms. The van der Waals surface area contributed by atoms with Crippen LogP contribution in [0, 0.1) is 5.92 Å². The summed E-state index contributed by atoms with van der Waals surface area (Å²) in [7, 11) is 0. The summed E-state index contributed by atoms with van der Waals surface area (Å²) in [5, 5.41) is 0. The molecule has 0 aromatic heterocycles. The van der Waals surface area contributed by atoms with Crippen LogP contribution in [0.2, 0.25) is 0 Å². The van der Waals surface area contributed by atoms with Crippen molar-refractivity contribution in [1.29, 1.82) is 0 Å². The Labute approximate surface area is 137 Å². The van der Waals surface area contributed by atoms with Gasteiger partial charge in [-0.1, -0.05) is 75.6 Å². The van der Waals surface area contributed by atoms with Crippen molar-refractivity contribution < 1.29 is 31.0 Å². The Bertz CT molecular complexity index is 321. The van der Waals surface area contributed by atoms with Gasteiger partial charge in [0.25, 0.3) is 0 Å². The quantitative estimate of drug-likeness (QED) is 0.518. The molecule has 18 heavy (non-hydrogen) atoms. The van der Waals surface area contributed by atoms with Gasteiger partial charge >= 0.3 is 29.6 Å². The van der Waals surface area contributed by atoms with Gasteiger partial charge in [-0.2, -0.15) is 0 Å². The number of rotatable bonds is 7. The molecule has 1 heteroatoms. The van der Waals surface area contributed by atoms with Gasteiger partial charge in [0.1, 0.15) is 0 Å². The van der Waals surface area contributed by atoms with Crippen molar-refractivity contribution >= 4 is 0 Å². The van der Waals surface area contributed by atoms with E-state index in [0.29, 0.717) is 5.92 Å². The molecule has 0 fully saturated rings. The standard InChI is InChI=1S/C17H26.Na.H/c1-4-7-12-15(6-3)17(11-5-2)16-13-9-8-10-14-16;;/h5,8-11,13-15,17H,4,6-7,12H2,1-3H3;;/q;+1;-1. The SMILES string of the molecule is CC=CC(c1ccccc1)C(CC)CCCC.[H-].[Na+]. The van der Waals surface area contributed by atoms with Crippen molar-refractivity contribution in [3.05, 3.63) is 48.0 Å². The Hall–Kier alpha value is -0.0400. The summed E-state index contributed by atoms with van der Waals surface area (Å²) < 4.78 is 0. The fourth-order valence-corrected chi connectivity index (χ4v) is 2.53. The number of allylic oxidation sites excluding steroid dienone is 2. The van der Waals surface area contributed by atoms with E-state index in [0.717, 1.165) is 5.92 Å². The fraction of sp³-hybridized carbons (Fsp3) is 0.529. The maximum Gasteiger partial charge on any atom is 1.00 e. The fourth-order valence-electron chi connectivity index (χ4n) is 2.53. The molecule has 0 saturated carbocycles. The second-order valence-corrected chi connectivity index (χ2v) is 4.77. The van der Waals surface area contributed by atoms with Gasteiger partial charge in [-0.15, -0.1) is 0 Å². The number of unbranched alkanes of at least 4 members (excludes halogenated alkanes) is 1. The van der Waals surface area contributed by atoms with Crippen molar-refractivity contribution in [3.63, 3.8) is 0 Å². The van der Waals surface area contributed by atoms with Crippen molar-refractivity contribution in [3.8, 4) is 0 Å². The molecular formula is C17H27Na. The molecule has 1 aromatic carbocycles. The molecule has 0 aliphatic heterocycles. The zero-order valence-corrected chi connectivity index (χ0v) is 14.5. The predicted molar refractivity (Wildman–Crippen MR) is 78.4 cm³/mol. The van der Waals surface area contributed by atoms with Crippen LogP contribution < -0.4 is 29.6 Å². The normalized spacial score (nSPS) is 14.2. The Morgan fingerprint density at radius 1 is 1.17 bits per heavy atom. The van der Waals surface area contributed by atoms with Crippen LogP contribution in [-0.4, -0.2) is 0 Å². The van der Waals surface area contributed by atoms with Crippen LogP contribution in [0.15, 0.2) is 42.5 Å². The first kappa shape index (κ1) is 18.0. The number of hydrogen-bond acceptors (Lipinski definition) is 0. The van der Waals surface area contributed by atoms with Crippen LogP contribution in [-0.2, 0) is 0 Å². The van der Waals surface area contributed by atoms with Crippen LogP contribution in [0.1, 0.15) is 59.4 Å². The molecule has 2 unspecified atom stereocenters. The van der Waals surface area contributed by atoms with Crippen molar-refractivity contribution in [2.75, 3.05) is 0 Å². The van der Waals surface area contributed by atoms with E-state index < -0.39 is 0 Å². The molecule has 1 aromatic rings. The van der Waals surface area contributed by atoms with E-state index in [1.54, 1.807) is 0 Å². The topological polar surface area (TPSA) is 0 Å². The summed E-state index contributed by atoms with van der Waals surface area (Å²) in [5.74, 6) is 1.38. The van der Waals surface area contributed by atoms with E-state index in [2.05, 4.69) is 63.3 Å². The van der Waals surface area contributed by atoms with Gasteiger partial charge in [0.15, 0.2) is 0 Å². The minimum absolute atomic E-state index is 0. The van der Waals surface area contributed by atoms with Crippen LogP contribution >= 0.6 is 0 Å². The summed E-state index contributed by atoms with van der Waals surface area (Å²) in [4.78, 5) is 0. The van der Waals surface area contributed by atoms with E-state index in [-0.39, 0.29) is 31.0 Å². The third-order valence-corrected chi connectivity index (χ3v) is 3.54. The van der Waals surface area contributed by atoms with E-state index >= 15 is 0 Å². The van der Waals surface area contributed by atoms with Crippen LogP contribution in [0.25, 0.3) is 0 Å². The summed E-state index contributed by atoms with van der Waals surface area (Å²) in [5.41, 5.74) is 1.47. The molecule has 0 aliphatic carbocycles. The maximum atomic E-state index is 2.37. The number of benzene rings is 1. The van der Waals surface area contributed by atoms with Crippen molar-refractivity contribution in [1.82, 2.24) is 0 Å². The predicted octanol–water partition coefficient (Wildman–Crippen LogP) is 2.68. The van der Waals surface area contributed by atoms with Crippen LogP contribution in [0.5, 0.6) is 0 Å². The van der Waals surface area contributed by atoms with Gasteiger partial charge < -0.3 is 1.43 Å². The monoisotopic (exact) mass is 254 g/mol. The smallest absolute Gasteiger partial charge is 1.00 e. The molecule has 1 rings (SSSR count). The summed E-state index contributed by atoms with van der Waals surface area (Å²) in [6, 6.07) is 10.9. The summed E-state index contributed by atoms with van der Waals surface area (Å²) >= 11 is 0. The minimum atomic E-state index is 0. The van der Waals surface area contributed by atoms with Crippen molar-refractivity contribution in [2.45, 2.75) is 52.4 Å². The molecule has 0 saturated heterocycles. The summed E-state index contributed by atoms with van der Waals surface area (Å²) in [6.07, 6.45) is 9.83. The summed E-state index contributed by atoms with van der Waals surface area (Å²) in [6.45, 7) is 6.72. The molecule has 0 amide bonds. The second-order valence-electron chi connectivity index (χ2n) is 4.77. The van der Waals surface area contributed by atoms with Gasteiger partial charge in [-0.3, -0.25) is 0 Å². The Kier molecular flexibility index (Phi) is 10.8. The van der Waals surface area contributed by atoms with E-state index in [1.807, 2.05) is 0 Å². The molecule has 0 aliphatic rings. The van der Waals surface area contributed by atoms with Gasteiger partial charge in [-0.25, -0.2) is 0 Å². The first-order valence-electron chi connectivity index (χ1n) is 7.01. The minimum Gasteiger partial charge on any atom is -1.00 e. The Balaban J connectivity index is 0. The zero-order chi connectivity index (χ0) is 12.5. The van der Waals surface area contributed by atoms with Crippen LogP contribution in [0.3, 0.4) is 0 Å². The largest absolute Gasteiger partial charge is 1.00 e. The second kappa shape index (κ2) is 10.8. The van der Waals surface area contributed by atoms with Crippen molar-refractivity contribution in [2.24, 2.45) is 5.92 Å². The molecule has 96 valence electrons. The van der Waals surface area contributed by atoms with E-state index in [9.17, 15) is 0 Å². The van der Waals surface area contributed by atoms with E-state index in [1.165, 1.54) is 31.2 Å². The average Bonchev–Trinajstić information content (AvgIpc) is 2.39. The molecule has 0 heterocycles. The first-order valence-corrected chi connectivity index (χ1v) is 7.01. The molecule has 0 N–H and O–H groups in total. The third-order valence-electron chi connectivity index (χ3n) is 3.54. The molecular weight excluding hydrogens is 227 g/mol. The maximum absolute atomic E-state index is 2.37. The van der Waals surface area contributed by atoms with Gasteiger partial charge in [0, 0.05) is 5.92 Å². The number of hydrogen-bond donors (Lipinski definition) is 0. The Morgan fingerprint density at radius 3 is 2.33 bits per heavy atom. The zero-order valence-electron chi connectivity index (χ0n) is 13.5. The first-order chi connectivity index (χ1) is 8.33. The average molecular weight is 254 g/mol. The van der Waals surface area contributed by atoms with Crippen LogP contribution in [0.4, 0.5) is 0 Å². The van der Waals surface area contributed by atoms with Gasteiger partial charge in [0.2, 0.25) is 0 Å². The van der Waals surface area contributed by atoms with E-state index in [4.69, 9.17) is 0 Å². The molecule has 2 atom stereocenters. The molecule has 0 nitrogen and oxygen atoms in total. The third kappa shape index (κ3) is 5.73. The van der Waals surface area contributed by atoms with Gasteiger partial charge in [0.05, 0.1) is 0 Å². The van der Waals surface area contributed by atoms with Gasteiger partial charge in [-0.05, 0) is 24.8 Å². The molecule has 0 radical (unpaired) electrons.